The molecular weight excluding hydrogens is 274 g/mol. The highest BCUT2D eigenvalue weighted by atomic mass is 79.9. The van der Waals surface area contributed by atoms with Crippen LogP contribution in [0, 0.1) is 5.92 Å². The zero-order valence-corrected chi connectivity index (χ0v) is 11.7. The first kappa shape index (κ1) is 15.4. The first-order valence-corrected chi connectivity index (χ1v) is 6.65. The number of carbonyl (C=O) groups is 2. The molecule has 5 heteroatoms. The Hall–Kier alpha value is -0.580. The van der Waals surface area contributed by atoms with Gasteiger partial charge in [0.05, 0.1) is 6.61 Å². The lowest BCUT2D eigenvalue weighted by Crippen LogP contribution is -2.42. The van der Waals surface area contributed by atoms with E-state index in [-0.39, 0.29) is 11.9 Å². The normalized spacial score (nSPS) is 12.3. The van der Waals surface area contributed by atoms with Crippen LogP contribution in [0.2, 0.25) is 0 Å². The molecule has 0 aliphatic rings. The Balaban J connectivity index is 4.30. The number of nitrogens with one attached hydrogen (secondary N) is 1. The minimum absolute atomic E-state index is 0.129. The number of rotatable bonds is 7. The Labute approximate surface area is 105 Å². The van der Waals surface area contributed by atoms with Crippen LogP contribution in [-0.4, -0.2) is 29.9 Å². The lowest BCUT2D eigenvalue weighted by atomic mass is 10.0. The molecule has 0 radical (unpaired) electrons. The topological polar surface area (TPSA) is 55.4 Å². The highest BCUT2D eigenvalue weighted by Crippen LogP contribution is 2.07. The Morgan fingerprint density at radius 2 is 2.00 bits per heavy atom. The number of alkyl halides is 1. The predicted molar refractivity (Wildman–Crippen MR) is 66.4 cm³/mol. The number of esters is 1. The quantitative estimate of drug-likeness (QED) is 0.576. The lowest BCUT2D eigenvalue weighted by molar-refractivity contribution is -0.147. The van der Waals surface area contributed by atoms with Crippen molar-refractivity contribution in [3.63, 3.8) is 0 Å². The fraction of sp³-hybridized carbons (Fsp3) is 0.818. The van der Waals surface area contributed by atoms with Gasteiger partial charge in [-0.3, -0.25) is 4.79 Å². The minimum atomic E-state index is -0.522. The molecule has 1 amide bonds. The number of hydrogen-bond donors (Lipinski definition) is 1. The summed E-state index contributed by atoms with van der Waals surface area (Å²) in [7, 11) is 0. The van der Waals surface area contributed by atoms with Crippen LogP contribution in [-0.2, 0) is 14.3 Å². The van der Waals surface area contributed by atoms with Gasteiger partial charge in [-0.25, -0.2) is 4.79 Å². The average molecular weight is 294 g/mol. The van der Waals surface area contributed by atoms with E-state index in [1.165, 1.54) is 0 Å². The van der Waals surface area contributed by atoms with Gasteiger partial charge in [0.2, 0.25) is 5.91 Å². The van der Waals surface area contributed by atoms with Gasteiger partial charge in [-0.1, -0.05) is 29.8 Å². The molecule has 0 fully saturated rings. The van der Waals surface area contributed by atoms with Gasteiger partial charge < -0.3 is 10.1 Å². The zero-order chi connectivity index (χ0) is 12.6. The maximum absolute atomic E-state index is 11.6. The minimum Gasteiger partial charge on any atom is -0.464 e. The van der Waals surface area contributed by atoms with Crippen LogP contribution in [0.3, 0.4) is 0 Å². The third-order valence-electron chi connectivity index (χ3n) is 1.93. The van der Waals surface area contributed by atoms with Crippen LogP contribution in [0.1, 0.15) is 33.6 Å². The monoisotopic (exact) mass is 293 g/mol. The SMILES string of the molecule is CCOC(=O)[C@H](CC(C)C)NC(=O)CCBr. The second-order valence-corrected chi connectivity index (χ2v) is 4.73. The molecule has 0 bridgehead atoms. The highest BCUT2D eigenvalue weighted by Gasteiger charge is 2.22. The highest BCUT2D eigenvalue weighted by molar-refractivity contribution is 9.09. The number of ether oxygens (including phenoxy) is 1. The molecule has 0 saturated heterocycles. The van der Waals surface area contributed by atoms with Crippen molar-refractivity contribution in [2.45, 2.75) is 39.7 Å². The smallest absolute Gasteiger partial charge is 0.328 e. The summed E-state index contributed by atoms with van der Waals surface area (Å²) in [6.07, 6.45) is 0.973. The molecule has 16 heavy (non-hydrogen) atoms. The molecule has 0 aliphatic carbocycles. The summed E-state index contributed by atoms with van der Waals surface area (Å²) in [6.45, 7) is 6.10. The van der Waals surface area contributed by atoms with E-state index in [2.05, 4.69) is 21.2 Å². The molecule has 0 aliphatic heterocycles. The Bertz CT molecular complexity index is 231. The van der Waals surface area contributed by atoms with Gasteiger partial charge in [-0.05, 0) is 19.3 Å². The Morgan fingerprint density at radius 3 is 2.44 bits per heavy atom. The summed E-state index contributed by atoms with van der Waals surface area (Å²) in [6, 6.07) is -0.522. The van der Waals surface area contributed by atoms with Crippen molar-refractivity contribution in [1.29, 1.82) is 0 Å². The fourth-order valence-corrected chi connectivity index (χ4v) is 1.64. The van der Waals surface area contributed by atoms with Crippen LogP contribution < -0.4 is 5.32 Å². The summed E-state index contributed by atoms with van der Waals surface area (Å²) in [4.78, 5) is 23.0. The molecule has 4 nitrogen and oxygen atoms in total. The fourth-order valence-electron chi connectivity index (χ4n) is 1.28. The molecule has 0 aromatic rings. The summed E-state index contributed by atoms with van der Waals surface area (Å²) < 4.78 is 4.92. The van der Waals surface area contributed by atoms with Gasteiger partial charge in [0.25, 0.3) is 0 Å². The van der Waals surface area contributed by atoms with E-state index in [1.54, 1.807) is 6.92 Å². The van der Waals surface area contributed by atoms with Crippen LogP contribution >= 0.6 is 15.9 Å². The van der Waals surface area contributed by atoms with Crippen molar-refractivity contribution in [3.8, 4) is 0 Å². The second kappa shape index (κ2) is 8.56. The summed E-state index contributed by atoms with van der Waals surface area (Å²) >= 11 is 3.18. The Morgan fingerprint density at radius 1 is 1.38 bits per heavy atom. The molecule has 1 atom stereocenters. The van der Waals surface area contributed by atoms with Crippen LogP contribution in [0.5, 0.6) is 0 Å². The lowest BCUT2D eigenvalue weighted by Gasteiger charge is -2.18. The molecule has 0 spiro atoms. The molecule has 94 valence electrons. The van der Waals surface area contributed by atoms with Gasteiger partial charge in [0.1, 0.15) is 6.04 Å². The van der Waals surface area contributed by atoms with E-state index >= 15 is 0 Å². The number of hydrogen-bond acceptors (Lipinski definition) is 3. The standard InChI is InChI=1S/C11H20BrNO3/c1-4-16-11(15)9(7-8(2)3)13-10(14)5-6-12/h8-9H,4-7H2,1-3H3,(H,13,14)/t9-/m0/s1. The average Bonchev–Trinajstić information content (AvgIpc) is 2.16. The molecule has 0 unspecified atom stereocenters. The van der Waals surface area contributed by atoms with Crippen molar-refractivity contribution in [3.05, 3.63) is 0 Å². The van der Waals surface area contributed by atoms with Gasteiger partial charge >= 0.3 is 5.97 Å². The van der Waals surface area contributed by atoms with Crippen molar-refractivity contribution in [2.75, 3.05) is 11.9 Å². The van der Waals surface area contributed by atoms with Crippen LogP contribution in [0.15, 0.2) is 0 Å². The van der Waals surface area contributed by atoms with Gasteiger partial charge in [-0.2, -0.15) is 0 Å². The van der Waals surface area contributed by atoms with E-state index in [9.17, 15) is 9.59 Å². The van der Waals surface area contributed by atoms with Crippen molar-refractivity contribution < 1.29 is 14.3 Å². The molecule has 1 N–H and O–H groups in total. The maximum Gasteiger partial charge on any atom is 0.328 e. The van der Waals surface area contributed by atoms with Crippen LogP contribution in [0.25, 0.3) is 0 Å². The molecule has 0 saturated carbocycles. The first-order chi connectivity index (χ1) is 7.51. The van der Waals surface area contributed by atoms with Crippen molar-refractivity contribution >= 4 is 27.8 Å². The molecule has 0 heterocycles. The van der Waals surface area contributed by atoms with Gasteiger partial charge in [0.15, 0.2) is 0 Å². The molecule has 0 rings (SSSR count). The number of halogens is 1. The second-order valence-electron chi connectivity index (χ2n) is 3.94. The molecule has 0 aromatic carbocycles. The van der Waals surface area contributed by atoms with E-state index in [1.807, 2.05) is 13.8 Å². The Kier molecular flexibility index (Phi) is 8.25. The number of carbonyl (C=O) groups excluding carboxylic acids is 2. The van der Waals surface area contributed by atoms with E-state index < -0.39 is 6.04 Å². The van der Waals surface area contributed by atoms with Gasteiger partial charge in [0, 0.05) is 11.8 Å². The number of amides is 1. The predicted octanol–water partition coefficient (Wildman–Crippen LogP) is 1.87. The summed E-state index contributed by atoms with van der Waals surface area (Å²) in [5, 5.41) is 3.28. The molecule has 0 aromatic heterocycles. The van der Waals surface area contributed by atoms with Crippen molar-refractivity contribution in [2.24, 2.45) is 5.92 Å². The summed E-state index contributed by atoms with van der Waals surface area (Å²) in [5.74, 6) is -0.145. The third kappa shape index (κ3) is 6.82. The van der Waals surface area contributed by atoms with E-state index in [4.69, 9.17) is 4.74 Å². The van der Waals surface area contributed by atoms with Crippen molar-refractivity contribution in [1.82, 2.24) is 5.32 Å². The zero-order valence-electron chi connectivity index (χ0n) is 10.1. The van der Waals surface area contributed by atoms with Crippen LogP contribution in [0.4, 0.5) is 0 Å². The van der Waals surface area contributed by atoms with Gasteiger partial charge in [-0.15, -0.1) is 0 Å². The third-order valence-corrected chi connectivity index (χ3v) is 2.33. The molecular formula is C11H20BrNO3. The van der Waals surface area contributed by atoms with E-state index in [0.29, 0.717) is 30.7 Å². The maximum atomic E-state index is 11.6. The summed E-state index contributed by atoms with van der Waals surface area (Å²) in [5.41, 5.74) is 0. The largest absolute Gasteiger partial charge is 0.464 e. The first-order valence-electron chi connectivity index (χ1n) is 5.53. The van der Waals surface area contributed by atoms with E-state index in [0.717, 1.165) is 0 Å².